The summed E-state index contributed by atoms with van der Waals surface area (Å²) < 4.78 is 27.5. The fourth-order valence-electron chi connectivity index (χ4n) is 3.48. The van der Waals surface area contributed by atoms with Gasteiger partial charge in [0, 0.05) is 16.8 Å². The molecule has 1 aliphatic rings. The number of rotatable bonds is 7. The number of furan rings is 1. The Morgan fingerprint density at radius 3 is 2.66 bits per heavy atom. The zero-order valence-corrected chi connectivity index (χ0v) is 17.2. The normalized spacial score (nSPS) is 26.7. The third kappa shape index (κ3) is 4.42. The van der Waals surface area contributed by atoms with Crippen molar-refractivity contribution in [3.05, 3.63) is 52.6 Å². The summed E-state index contributed by atoms with van der Waals surface area (Å²) in [6.07, 6.45) is -3.44. The average molecular weight is 448 g/mol. The summed E-state index contributed by atoms with van der Waals surface area (Å²) in [5, 5.41) is 40.4. The van der Waals surface area contributed by atoms with Crippen LogP contribution in [0.2, 0.25) is 0 Å². The van der Waals surface area contributed by atoms with Crippen LogP contribution in [0, 0.1) is 0 Å². The van der Waals surface area contributed by atoms with Gasteiger partial charge in [0.2, 0.25) is 5.75 Å². The van der Waals surface area contributed by atoms with Gasteiger partial charge in [0.1, 0.15) is 31.0 Å². The lowest BCUT2D eigenvalue weighted by Crippen LogP contribution is -2.59. The van der Waals surface area contributed by atoms with E-state index in [1.807, 2.05) is 6.07 Å². The smallest absolute Gasteiger partial charge is 0.336 e. The summed E-state index contributed by atoms with van der Waals surface area (Å²) in [5.41, 5.74) is 0.950. The van der Waals surface area contributed by atoms with Gasteiger partial charge in [-0.2, -0.15) is 0 Å². The Morgan fingerprint density at radius 1 is 1.09 bits per heavy atom. The van der Waals surface area contributed by atoms with Gasteiger partial charge in [-0.3, -0.25) is 0 Å². The van der Waals surface area contributed by atoms with Crippen molar-refractivity contribution in [3.63, 3.8) is 0 Å². The molecular weight excluding hydrogens is 424 g/mol. The van der Waals surface area contributed by atoms with Crippen molar-refractivity contribution in [2.24, 2.45) is 0 Å². The first-order valence-corrected chi connectivity index (χ1v) is 10.0. The highest BCUT2D eigenvalue weighted by molar-refractivity contribution is 5.99. The fraction of sp³-hybridized carbons (Fsp3) is 0.409. The topological polar surface area (TPSA) is 152 Å². The Bertz CT molecular complexity index is 1160. The monoisotopic (exact) mass is 448 g/mol. The number of hydrogen-bond acceptors (Lipinski definition) is 10. The van der Waals surface area contributed by atoms with Crippen LogP contribution in [-0.2, 0) is 9.47 Å². The lowest BCUT2D eigenvalue weighted by atomic mass is 9.99. The van der Waals surface area contributed by atoms with Crippen LogP contribution in [0.3, 0.4) is 0 Å². The highest BCUT2D eigenvalue weighted by atomic mass is 16.7. The molecule has 4 N–H and O–H groups in total. The minimum absolute atomic E-state index is 0.0346. The molecule has 10 heteroatoms. The van der Waals surface area contributed by atoms with Gasteiger partial charge in [-0.05, 0) is 36.8 Å². The van der Waals surface area contributed by atoms with E-state index in [9.17, 15) is 25.2 Å². The molecule has 0 aliphatic carbocycles. The Balaban J connectivity index is 1.43. The highest BCUT2D eigenvalue weighted by Crippen LogP contribution is 2.35. The van der Waals surface area contributed by atoms with Gasteiger partial charge >= 0.3 is 5.63 Å². The average Bonchev–Trinajstić information content (AvgIpc) is 3.25. The fourth-order valence-corrected chi connectivity index (χ4v) is 3.48. The Hall–Kier alpha value is -2.73. The maximum absolute atomic E-state index is 11.7. The van der Waals surface area contributed by atoms with E-state index in [1.165, 1.54) is 12.3 Å². The summed E-state index contributed by atoms with van der Waals surface area (Å²) in [6, 6.07) is 6.59. The van der Waals surface area contributed by atoms with Crippen molar-refractivity contribution >= 4 is 21.9 Å². The standard InChI is InChI=1S/C22H24O10/c1-11(10-30-22-18(27)17(26)16(25)14(9-23)31-22)4-6-29-21-19-13(5-7-28-19)8-12-2-3-15(24)32-20(12)21/h2-5,7-8,14,16-18,22-23,25-27H,6,9-10H2,1H3/t14-,16-,17+,18-,22+/m1/s1. The summed E-state index contributed by atoms with van der Waals surface area (Å²) in [4.78, 5) is 11.7. The highest BCUT2D eigenvalue weighted by Gasteiger charge is 2.43. The second-order valence-electron chi connectivity index (χ2n) is 7.59. The number of ether oxygens (including phenoxy) is 3. The van der Waals surface area contributed by atoms with E-state index in [4.69, 9.17) is 23.0 Å². The van der Waals surface area contributed by atoms with Gasteiger partial charge < -0.3 is 43.5 Å². The van der Waals surface area contributed by atoms with Crippen molar-refractivity contribution in [3.8, 4) is 5.75 Å². The van der Waals surface area contributed by atoms with Crippen LogP contribution in [0.1, 0.15) is 6.92 Å². The van der Waals surface area contributed by atoms with Gasteiger partial charge in [0.25, 0.3) is 0 Å². The molecule has 1 saturated heterocycles. The molecule has 0 radical (unpaired) electrons. The third-order valence-electron chi connectivity index (χ3n) is 5.27. The van der Waals surface area contributed by atoms with E-state index in [1.54, 1.807) is 25.1 Å². The third-order valence-corrected chi connectivity index (χ3v) is 5.27. The lowest BCUT2D eigenvalue weighted by molar-refractivity contribution is -0.299. The van der Waals surface area contributed by atoms with Gasteiger partial charge in [0.05, 0.1) is 19.5 Å². The van der Waals surface area contributed by atoms with Crippen LogP contribution >= 0.6 is 0 Å². The number of aliphatic hydroxyl groups excluding tert-OH is 4. The molecule has 1 aromatic carbocycles. The van der Waals surface area contributed by atoms with E-state index in [0.717, 1.165) is 11.0 Å². The molecular formula is C22H24O10. The van der Waals surface area contributed by atoms with Crippen molar-refractivity contribution in [2.45, 2.75) is 37.6 Å². The SMILES string of the molecule is CC(=CCOc1c2occc2cc2ccc(=O)oc12)CO[C@H]1O[C@H](CO)[C@@H](O)[C@H](O)[C@H]1O. The zero-order valence-electron chi connectivity index (χ0n) is 17.2. The summed E-state index contributed by atoms with van der Waals surface area (Å²) in [5.74, 6) is 0.305. The van der Waals surface area contributed by atoms with Crippen molar-refractivity contribution in [1.82, 2.24) is 0 Å². The first kappa shape index (κ1) is 22.5. The number of fused-ring (bicyclic) bond motifs is 2. The molecule has 0 unspecified atom stereocenters. The molecule has 0 bridgehead atoms. The minimum Gasteiger partial charge on any atom is -0.482 e. The lowest BCUT2D eigenvalue weighted by Gasteiger charge is -2.39. The Morgan fingerprint density at radius 2 is 1.88 bits per heavy atom. The van der Waals surface area contributed by atoms with Crippen LogP contribution in [0.4, 0.5) is 0 Å². The molecule has 32 heavy (non-hydrogen) atoms. The Kier molecular flexibility index (Phi) is 6.60. The molecule has 0 amide bonds. The van der Waals surface area contributed by atoms with Gasteiger partial charge in [0.15, 0.2) is 17.5 Å². The van der Waals surface area contributed by atoms with Crippen molar-refractivity contribution < 1.29 is 43.5 Å². The van der Waals surface area contributed by atoms with E-state index in [0.29, 0.717) is 16.7 Å². The van der Waals surface area contributed by atoms with E-state index in [2.05, 4.69) is 0 Å². The first-order valence-electron chi connectivity index (χ1n) is 10.0. The molecule has 2 aromatic heterocycles. The van der Waals surface area contributed by atoms with Crippen LogP contribution in [-0.4, -0.2) is 71.0 Å². The predicted molar refractivity (Wildman–Crippen MR) is 111 cm³/mol. The molecule has 3 aromatic rings. The molecule has 3 heterocycles. The summed E-state index contributed by atoms with van der Waals surface area (Å²) in [6.45, 7) is 1.37. The second kappa shape index (κ2) is 9.41. The van der Waals surface area contributed by atoms with Gasteiger partial charge in [-0.1, -0.05) is 0 Å². The quantitative estimate of drug-likeness (QED) is 0.300. The molecule has 10 nitrogen and oxygen atoms in total. The van der Waals surface area contributed by atoms with Crippen molar-refractivity contribution in [2.75, 3.05) is 19.8 Å². The van der Waals surface area contributed by atoms with Crippen LogP contribution < -0.4 is 10.4 Å². The van der Waals surface area contributed by atoms with Gasteiger partial charge in [-0.25, -0.2) is 4.79 Å². The molecule has 4 rings (SSSR count). The van der Waals surface area contributed by atoms with Gasteiger partial charge in [-0.15, -0.1) is 0 Å². The molecule has 0 spiro atoms. The Labute approximate surface area is 181 Å². The summed E-state index contributed by atoms with van der Waals surface area (Å²) in [7, 11) is 0. The number of benzene rings is 1. The molecule has 172 valence electrons. The van der Waals surface area contributed by atoms with Crippen LogP contribution in [0.5, 0.6) is 5.75 Å². The maximum Gasteiger partial charge on any atom is 0.336 e. The predicted octanol–water partition coefficient (Wildman–Crippen LogP) is 0.681. The van der Waals surface area contributed by atoms with E-state index < -0.39 is 42.9 Å². The van der Waals surface area contributed by atoms with Crippen LogP contribution in [0.25, 0.3) is 21.9 Å². The largest absolute Gasteiger partial charge is 0.482 e. The zero-order chi connectivity index (χ0) is 22.8. The summed E-state index contributed by atoms with van der Waals surface area (Å²) >= 11 is 0. The van der Waals surface area contributed by atoms with E-state index >= 15 is 0 Å². The number of hydrogen-bond donors (Lipinski definition) is 4. The van der Waals surface area contributed by atoms with Crippen LogP contribution in [0.15, 0.2) is 55.8 Å². The molecule has 1 aliphatic heterocycles. The minimum atomic E-state index is -1.50. The van der Waals surface area contributed by atoms with Crippen molar-refractivity contribution in [1.29, 1.82) is 0 Å². The molecule has 5 atom stereocenters. The molecule has 0 saturated carbocycles. The maximum atomic E-state index is 11.7. The number of aliphatic hydroxyl groups is 4. The second-order valence-corrected chi connectivity index (χ2v) is 7.59. The molecule has 1 fully saturated rings. The first-order chi connectivity index (χ1) is 15.4. The van der Waals surface area contributed by atoms with E-state index in [-0.39, 0.29) is 18.8 Å².